The summed E-state index contributed by atoms with van der Waals surface area (Å²) in [5.74, 6) is 6.84. The quantitative estimate of drug-likeness (QED) is 0.418. The summed E-state index contributed by atoms with van der Waals surface area (Å²) in [6.45, 7) is 1.94. The van der Waals surface area contributed by atoms with E-state index in [1.165, 1.54) is 6.92 Å². The number of carbonyl (C=O) groups excluding carboxylic acids is 1. The molecule has 1 heterocycles. The van der Waals surface area contributed by atoms with E-state index >= 15 is 0 Å². The summed E-state index contributed by atoms with van der Waals surface area (Å²) in [6.07, 6.45) is 5.32. The average Bonchev–Trinajstić information content (AvgIpc) is 3.07. The van der Waals surface area contributed by atoms with Crippen LogP contribution in [0.15, 0.2) is 35.7 Å². The van der Waals surface area contributed by atoms with Crippen molar-refractivity contribution in [1.29, 1.82) is 0 Å². The zero-order valence-electron chi connectivity index (χ0n) is 14.4. The van der Waals surface area contributed by atoms with Gasteiger partial charge in [-0.1, -0.05) is 6.08 Å². The number of hydrogen-bond acceptors (Lipinski definition) is 9. The molecule has 1 atom stereocenters. The maximum Gasteiger partial charge on any atom is 0.302 e. The number of hydrazine groups is 1. The van der Waals surface area contributed by atoms with Crippen LogP contribution in [0, 0.1) is 5.92 Å². The second-order valence-corrected chi connectivity index (χ2v) is 5.96. The van der Waals surface area contributed by atoms with Gasteiger partial charge in [-0.25, -0.2) is 0 Å². The summed E-state index contributed by atoms with van der Waals surface area (Å²) in [5, 5.41) is 0. The zero-order chi connectivity index (χ0) is 18.5. The highest BCUT2D eigenvalue weighted by Gasteiger charge is 2.19. The number of nitrogens with one attached hydrogen (secondary N) is 2. The number of anilines is 1. The van der Waals surface area contributed by atoms with Crippen molar-refractivity contribution in [2.24, 2.45) is 17.5 Å². The Balaban J connectivity index is 1.58. The van der Waals surface area contributed by atoms with Gasteiger partial charge in [0.05, 0.1) is 12.3 Å². The molecule has 0 spiro atoms. The van der Waals surface area contributed by atoms with Gasteiger partial charge in [0, 0.05) is 24.8 Å². The van der Waals surface area contributed by atoms with Gasteiger partial charge in [-0.2, -0.15) is 5.90 Å². The van der Waals surface area contributed by atoms with E-state index in [1.807, 2.05) is 12.2 Å². The molecule has 26 heavy (non-hydrogen) atoms. The Morgan fingerprint density at radius 3 is 2.77 bits per heavy atom. The highest BCUT2D eigenvalue weighted by molar-refractivity contribution is 5.66. The number of carbonyl (C=O) groups is 1. The third-order valence-electron chi connectivity index (χ3n) is 4.09. The Labute approximate surface area is 150 Å². The first kappa shape index (κ1) is 17.7. The molecular weight excluding hydrogens is 340 g/mol. The summed E-state index contributed by atoms with van der Waals surface area (Å²) in [7, 11) is 0. The van der Waals surface area contributed by atoms with Crippen molar-refractivity contribution in [3.05, 3.63) is 35.7 Å². The summed E-state index contributed by atoms with van der Waals surface area (Å²) in [6, 6.07) is 3.37. The van der Waals surface area contributed by atoms with E-state index in [-0.39, 0.29) is 18.7 Å². The number of rotatable bonds is 7. The van der Waals surface area contributed by atoms with Crippen LogP contribution in [-0.2, 0) is 9.53 Å². The summed E-state index contributed by atoms with van der Waals surface area (Å²) >= 11 is 0. The standard InChI is InChI=1S/C17H22N4O5/c1-10(22)23-5-4-11-2-3-13(12(18)6-11)20-21-14-7-16-17(25-9-24-16)8-15(14)26-19/h2-3,7-8,11,20-21H,4-6,9,18-19H2,1H3. The van der Waals surface area contributed by atoms with Gasteiger partial charge in [0.15, 0.2) is 17.2 Å². The lowest BCUT2D eigenvalue weighted by Crippen LogP contribution is -2.26. The molecule has 0 radical (unpaired) electrons. The predicted molar refractivity (Wildman–Crippen MR) is 93.8 cm³/mol. The van der Waals surface area contributed by atoms with Crippen LogP contribution in [0.5, 0.6) is 17.2 Å². The van der Waals surface area contributed by atoms with E-state index in [0.717, 1.165) is 12.1 Å². The molecule has 0 aromatic heterocycles. The first-order valence-corrected chi connectivity index (χ1v) is 8.19. The van der Waals surface area contributed by atoms with Crippen LogP contribution >= 0.6 is 0 Å². The van der Waals surface area contributed by atoms with Crippen molar-refractivity contribution in [1.82, 2.24) is 5.43 Å². The van der Waals surface area contributed by atoms with Gasteiger partial charge < -0.3 is 24.8 Å². The first-order valence-electron chi connectivity index (χ1n) is 8.19. The molecule has 0 amide bonds. The van der Waals surface area contributed by atoms with E-state index in [4.69, 9.17) is 30.7 Å². The van der Waals surface area contributed by atoms with Crippen molar-refractivity contribution >= 4 is 11.7 Å². The van der Waals surface area contributed by atoms with Crippen LogP contribution in [0.2, 0.25) is 0 Å². The molecule has 9 nitrogen and oxygen atoms in total. The van der Waals surface area contributed by atoms with E-state index in [0.29, 0.717) is 41.7 Å². The topological polar surface area (TPSA) is 130 Å². The Morgan fingerprint density at radius 1 is 1.31 bits per heavy atom. The Morgan fingerprint density at radius 2 is 2.08 bits per heavy atom. The van der Waals surface area contributed by atoms with Crippen LogP contribution in [0.1, 0.15) is 19.8 Å². The monoisotopic (exact) mass is 362 g/mol. The lowest BCUT2D eigenvalue weighted by molar-refractivity contribution is -0.141. The number of esters is 1. The van der Waals surface area contributed by atoms with Crippen LogP contribution in [0.4, 0.5) is 5.69 Å². The normalized spacial score (nSPS) is 17.8. The molecule has 140 valence electrons. The maximum absolute atomic E-state index is 10.8. The second-order valence-electron chi connectivity index (χ2n) is 5.96. The minimum absolute atomic E-state index is 0.159. The molecule has 0 saturated heterocycles. The number of benzene rings is 1. The van der Waals surface area contributed by atoms with Crippen LogP contribution in [0.25, 0.3) is 0 Å². The van der Waals surface area contributed by atoms with Gasteiger partial charge >= 0.3 is 5.97 Å². The van der Waals surface area contributed by atoms with Crippen LogP contribution in [0.3, 0.4) is 0 Å². The minimum atomic E-state index is -0.276. The fourth-order valence-electron chi connectivity index (χ4n) is 2.73. The van der Waals surface area contributed by atoms with Crippen molar-refractivity contribution in [2.75, 3.05) is 18.8 Å². The second kappa shape index (κ2) is 7.87. The molecule has 1 unspecified atom stereocenters. The van der Waals surface area contributed by atoms with Crippen molar-refractivity contribution in [3.8, 4) is 17.2 Å². The molecule has 1 aromatic carbocycles. The van der Waals surface area contributed by atoms with Crippen molar-refractivity contribution < 1.29 is 23.8 Å². The van der Waals surface area contributed by atoms with E-state index in [2.05, 4.69) is 10.9 Å². The third kappa shape index (κ3) is 4.12. The average molecular weight is 362 g/mol. The fraction of sp³-hybridized carbons (Fsp3) is 0.353. The molecule has 9 heteroatoms. The summed E-state index contributed by atoms with van der Waals surface area (Å²) in [5.41, 5.74) is 14.2. The van der Waals surface area contributed by atoms with Gasteiger partial charge in [0.1, 0.15) is 5.69 Å². The van der Waals surface area contributed by atoms with E-state index in [1.54, 1.807) is 12.1 Å². The minimum Gasteiger partial charge on any atom is -0.466 e. The smallest absolute Gasteiger partial charge is 0.302 e. The van der Waals surface area contributed by atoms with E-state index < -0.39 is 0 Å². The Bertz CT molecular complexity index is 747. The van der Waals surface area contributed by atoms with Crippen molar-refractivity contribution in [3.63, 3.8) is 0 Å². The number of allylic oxidation sites excluding steroid dienone is 3. The summed E-state index contributed by atoms with van der Waals surface area (Å²) < 4.78 is 15.6. The fourth-order valence-corrected chi connectivity index (χ4v) is 2.73. The molecule has 1 aliphatic heterocycles. The molecule has 2 aliphatic rings. The number of fused-ring (bicyclic) bond motifs is 1. The Hall–Kier alpha value is -3.07. The predicted octanol–water partition coefficient (Wildman–Crippen LogP) is 1.28. The zero-order valence-corrected chi connectivity index (χ0v) is 14.4. The van der Waals surface area contributed by atoms with Crippen LogP contribution in [-0.4, -0.2) is 19.4 Å². The molecule has 0 fully saturated rings. The highest BCUT2D eigenvalue weighted by atomic mass is 16.7. The highest BCUT2D eigenvalue weighted by Crippen LogP contribution is 2.40. The SMILES string of the molecule is CC(=O)OCCC1C=CC(NNc2cc3c(cc2ON)OCO3)=C(N)C1. The molecule has 0 bridgehead atoms. The van der Waals surface area contributed by atoms with Gasteiger partial charge in [-0.3, -0.25) is 15.6 Å². The molecule has 1 aromatic rings. The molecule has 0 saturated carbocycles. The van der Waals surface area contributed by atoms with E-state index in [9.17, 15) is 4.79 Å². The first-order chi connectivity index (χ1) is 12.6. The number of ether oxygens (including phenoxy) is 3. The molecular formula is C17H22N4O5. The number of nitrogens with two attached hydrogens (primary N) is 2. The van der Waals surface area contributed by atoms with Gasteiger partial charge in [0.25, 0.3) is 0 Å². The maximum atomic E-state index is 10.8. The molecule has 1 aliphatic carbocycles. The largest absolute Gasteiger partial charge is 0.466 e. The van der Waals surface area contributed by atoms with Gasteiger partial charge in [-0.15, -0.1) is 0 Å². The van der Waals surface area contributed by atoms with Gasteiger partial charge in [-0.05, 0) is 24.8 Å². The lowest BCUT2D eigenvalue weighted by atomic mass is 9.94. The van der Waals surface area contributed by atoms with Crippen LogP contribution < -0.4 is 36.8 Å². The number of hydrogen-bond donors (Lipinski definition) is 4. The van der Waals surface area contributed by atoms with Gasteiger partial charge in [0.2, 0.25) is 6.79 Å². The van der Waals surface area contributed by atoms with Crippen molar-refractivity contribution in [2.45, 2.75) is 19.8 Å². The molecule has 6 N–H and O–H groups in total. The third-order valence-corrected chi connectivity index (χ3v) is 4.09. The molecule has 3 rings (SSSR count). The lowest BCUT2D eigenvalue weighted by Gasteiger charge is -2.22. The Kier molecular flexibility index (Phi) is 5.37. The summed E-state index contributed by atoms with van der Waals surface area (Å²) in [4.78, 5) is 15.7.